The Kier molecular flexibility index (Phi) is 4.02. The second-order valence-corrected chi connectivity index (χ2v) is 6.51. The Hall–Kier alpha value is -2.28. The lowest BCUT2D eigenvalue weighted by atomic mass is 9.87. The van der Waals surface area contributed by atoms with E-state index in [2.05, 4.69) is 25.2 Å². The topological polar surface area (TPSA) is 80.0 Å². The van der Waals surface area contributed by atoms with E-state index in [1.807, 2.05) is 6.07 Å². The maximum atomic E-state index is 14.3. The predicted octanol–water partition coefficient (Wildman–Crippen LogP) is 2.04. The summed E-state index contributed by atoms with van der Waals surface area (Å²) >= 11 is 0. The van der Waals surface area contributed by atoms with Crippen molar-refractivity contribution in [3.05, 3.63) is 41.5 Å². The molecule has 2 unspecified atom stereocenters. The van der Waals surface area contributed by atoms with Crippen LogP contribution in [0.25, 0.3) is 0 Å². The van der Waals surface area contributed by atoms with Crippen molar-refractivity contribution in [3.63, 3.8) is 0 Å². The van der Waals surface area contributed by atoms with Gasteiger partial charge in [-0.2, -0.15) is 4.98 Å². The average molecular weight is 328 g/mol. The second kappa shape index (κ2) is 6.32. The van der Waals surface area contributed by atoms with Crippen molar-refractivity contribution in [2.24, 2.45) is 5.73 Å². The van der Waals surface area contributed by atoms with Crippen LogP contribution in [0.4, 0.5) is 16.3 Å². The van der Waals surface area contributed by atoms with Crippen molar-refractivity contribution >= 4 is 11.9 Å². The highest BCUT2D eigenvalue weighted by Gasteiger charge is 2.25. The molecule has 24 heavy (non-hydrogen) atoms. The van der Waals surface area contributed by atoms with E-state index in [9.17, 15) is 4.39 Å². The van der Waals surface area contributed by atoms with Crippen LogP contribution >= 0.6 is 0 Å². The lowest BCUT2D eigenvalue weighted by Crippen LogP contribution is -2.28. The second-order valence-electron chi connectivity index (χ2n) is 6.51. The Morgan fingerprint density at radius 2 is 2.17 bits per heavy atom. The van der Waals surface area contributed by atoms with Crippen molar-refractivity contribution in [1.29, 1.82) is 0 Å². The number of benzene rings is 1. The first-order valence-electron chi connectivity index (χ1n) is 8.44. The molecule has 1 aliphatic heterocycles. The summed E-state index contributed by atoms with van der Waals surface area (Å²) in [5, 5.41) is 3.29. The number of rotatable bonds is 3. The van der Waals surface area contributed by atoms with Gasteiger partial charge in [0.15, 0.2) is 0 Å². The first kappa shape index (κ1) is 15.3. The van der Waals surface area contributed by atoms with Gasteiger partial charge < -0.3 is 16.0 Å². The van der Waals surface area contributed by atoms with Crippen LogP contribution in [0.1, 0.15) is 36.4 Å². The molecule has 0 saturated carbocycles. The molecule has 2 atom stereocenters. The minimum Gasteiger partial charge on any atom is -0.347 e. The fourth-order valence-electron chi connectivity index (χ4n) is 3.61. The van der Waals surface area contributed by atoms with Gasteiger partial charge in [0, 0.05) is 24.7 Å². The molecule has 0 spiro atoms. The summed E-state index contributed by atoms with van der Waals surface area (Å²) in [4.78, 5) is 15.0. The standard InChI is InChI=1S/C17H21FN6/c18-13-5-1-3-11-4-2-6-14(15(11)13)22-16-20-10-21-17(23-16)24-8-7-12(19)9-24/h1,3,5,10,12,14H,2,4,6-9,19H2,(H,20,21,22,23). The Morgan fingerprint density at radius 3 is 3.00 bits per heavy atom. The van der Waals surface area contributed by atoms with E-state index in [0.29, 0.717) is 11.9 Å². The zero-order valence-electron chi connectivity index (χ0n) is 13.5. The Balaban J connectivity index is 1.57. The molecule has 2 heterocycles. The lowest BCUT2D eigenvalue weighted by Gasteiger charge is -2.27. The Bertz CT molecular complexity index is 737. The number of fused-ring (bicyclic) bond motifs is 1. The third-order valence-electron chi connectivity index (χ3n) is 4.80. The van der Waals surface area contributed by atoms with E-state index in [0.717, 1.165) is 49.9 Å². The molecule has 4 rings (SSSR count). The molecule has 1 aliphatic carbocycles. The van der Waals surface area contributed by atoms with Crippen molar-refractivity contribution in [2.45, 2.75) is 37.8 Å². The van der Waals surface area contributed by atoms with E-state index in [1.54, 1.807) is 6.07 Å². The maximum Gasteiger partial charge on any atom is 0.230 e. The van der Waals surface area contributed by atoms with Gasteiger partial charge in [-0.3, -0.25) is 0 Å². The van der Waals surface area contributed by atoms with Gasteiger partial charge in [0.2, 0.25) is 11.9 Å². The fourth-order valence-corrected chi connectivity index (χ4v) is 3.61. The van der Waals surface area contributed by atoms with Crippen LogP contribution in [-0.4, -0.2) is 34.1 Å². The summed E-state index contributed by atoms with van der Waals surface area (Å²) in [7, 11) is 0. The normalized spacial score (nSPS) is 23.2. The molecular formula is C17H21FN6. The van der Waals surface area contributed by atoms with E-state index in [-0.39, 0.29) is 17.9 Å². The lowest BCUT2D eigenvalue weighted by molar-refractivity contribution is 0.535. The summed E-state index contributed by atoms with van der Waals surface area (Å²) in [5.41, 5.74) is 7.76. The van der Waals surface area contributed by atoms with Crippen LogP contribution in [-0.2, 0) is 6.42 Å². The van der Waals surface area contributed by atoms with Gasteiger partial charge in [-0.05, 0) is 37.3 Å². The van der Waals surface area contributed by atoms with Crippen molar-refractivity contribution in [3.8, 4) is 0 Å². The monoisotopic (exact) mass is 328 g/mol. The van der Waals surface area contributed by atoms with Crippen LogP contribution < -0.4 is 16.0 Å². The molecule has 7 heteroatoms. The summed E-state index contributed by atoms with van der Waals surface area (Å²) in [6.45, 7) is 1.61. The number of hydrogen-bond donors (Lipinski definition) is 2. The van der Waals surface area contributed by atoms with Gasteiger partial charge in [-0.25, -0.2) is 14.4 Å². The van der Waals surface area contributed by atoms with Crippen LogP contribution in [0.15, 0.2) is 24.5 Å². The van der Waals surface area contributed by atoms with E-state index < -0.39 is 0 Å². The molecule has 1 aromatic heterocycles. The van der Waals surface area contributed by atoms with E-state index >= 15 is 0 Å². The quantitative estimate of drug-likeness (QED) is 0.897. The third kappa shape index (κ3) is 2.91. The molecule has 3 N–H and O–H groups in total. The number of nitrogens with two attached hydrogens (primary N) is 1. The zero-order chi connectivity index (χ0) is 16.5. The van der Waals surface area contributed by atoms with Crippen molar-refractivity contribution < 1.29 is 4.39 Å². The fraction of sp³-hybridized carbons (Fsp3) is 0.471. The molecule has 1 aromatic carbocycles. The number of aromatic nitrogens is 3. The zero-order valence-corrected chi connectivity index (χ0v) is 13.5. The molecular weight excluding hydrogens is 307 g/mol. The van der Waals surface area contributed by atoms with E-state index in [4.69, 9.17) is 5.73 Å². The Labute approximate surface area is 140 Å². The van der Waals surface area contributed by atoms with Crippen LogP contribution in [0, 0.1) is 5.82 Å². The molecule has 126 valence electrons. The number of halogens is 1. The maximum absolute atomic E-state index is 14.3. The van der Waals surface area contributed by atoms with Crippen LogP contribution in [0.2, 0.25) is 0 Å². The number of anilines is 2. The van der Waals surface area contributed by atoms with Crippen molar-refractivity contribution in [1.82, 2.24) is 15.0 Å². The number of hydrogen-bond acceptors (Lipinski definition) is 6. The van der Waals surface area contributed by atoms with Gasteiger partial charge in [-0.1, -0.05) is 12.1 Å². The van der Waals surface area contributed by atoms with Gasteiger partial charge in [-0.15, -0.1) is 0 Å². The summed E-state index contributed by atoms with van der Waals surface area (Å²) in [6.07, 6.45) is 5.24. The summed E-state index contributed by atoms with van der Waals surface area (Å²) in [6, 6.07) is 5.34. The van der Waals surface area contributed by atoms with Gasteiger partial charge in [0.25, 0.3) is 0 Å². The molecule has 2 aromatic rings. The molecule has 6 nitrogen and oxygen atoms in total. The smallest absolute Gasteiger partial charge is 0.230 e. The average Bonchev–Trinajstić information content (AvgIpc) is 3.02. The highest BCUT2D eigenvalue weighted by molar-refractivity contribution is 5.42. The van der Waals surface area contributed by atoms with E-state index in [1.165, 1.54) is 12.4 Å². The largest absolute Gasteiger partial charge is 0.347 e. The molecule has 1 fully saturated rings. The number of nitrogens with one attached hydrogen (secondary N) is 1. The number of nitrogens with zero attached hydrogens (tertiary/aromatic N) is 4. The van der Waals surface area contributed by atoms with Crippen LogP contribution in [0.3, 0.4) is 0 Å². The molecule has 2 aliphatic rings. The van der Waals surface area contributed by atoms with Crippen molar-refractivity contribution in [2.75, 3.05) is 23.3 Å². The third-order valence-corrected chi connectivity index (χ3v) is 4.80. The highest BCUT2D eigenvalue weighted by atomic mass is 19.1. The first-order valence-corrected chi connectivity index (χ1v) is 8.44. The number of aryl methyl sites for hydroxylation is 1. The SMILES string of the molecule is NC1CCN(c2ncnc(NC3CCCc4cccc(F)c43)n2)C1. The summed E-state index contributed by atoms with van der Waals surface area (Å²) < 4.78 is 14.3. The van der Waals surface area contributed by atoms with Gasteiger partial charge in [0.05, 0.1) is 6.04 Å². The minimum atomic E-state index is -0.163. The van der Waals surface area contributed by atoms with Gasteiger partial charge >= 0.3 is 0 Å². The first-order chi connectivity index (χ1) is 11.7. The Morgan fingerprint density at radius 1 is 1.25 bits per heavy atom. The predicted molar refractivity (Wildman–Crippen MR) is 90.3 cm³/mol. The van der Waals surface area contributed by atoms with Crippen LogP contribution in [0.5, 0.6) is 0 Å². The molecule has 1 saturated heterocycles. The van der Waals surface area contributed by atoms with Gasteiger partial charge in [0.1, 0.15) is 12.1 Å². The molecule has 0 radical (unpaired) electrons. The molecule has 0 amide bonds. The summed E-state index contributed by atoms with van der Waals surface area (Å²) in [5.74, 6) is 0.955. The molecule has 0 bridgehead atoms. The minimum absolute atomic E-state index is 0.106. The highest BCUT2D eigenvalue weighted by Crippen LogP contribution is 2.33.